The monoisotopic (exact) mass is 434 g/mol. The highest BCUT2D eigenvalue weighted by molar-refractivity contribution is 7.22. The van der Waals surface area contributed by atoms with Crippen LogP contribution in [0.25, 0.3) is 10.3 Å². The molecule has 3 heterocycles. The first-order valence-electron chi connectivity index (χ1n) is 10.5. The third-order valence-corrected chi connectivity index (χ3v) is 6.29. The van der Waals surface area contributed by atoms with Gasteiger partial charge in [-0.15, -0.1) is 0 Å². The van der Waals surface area contributed by atoms with E-state index >= 15 is 0 Å². The molecule has 0 bridgehead atoms. The average Bonchev–Trinajstić information content (AvgIpc) is 3.15. The first kappa shape index (κ1) is 22.2. The lowest BCUT2D eigenvalue weighted by atomic mass is 9.97. The summed E-state index contributed by atoms with van der Waals surface area (Å²) in [6.07, 6.45) is 3.93. The maximum absolute atomic E-state index is 12.8. The van der Waals surface area contributed by atoms with Crippen LogP contribution in [0.1, 0.15) is 47.0 Å². The summed E-state index contributed by atoms with van der Waals surface area (Å²) in [5.74, 6) is -0.252. The van der Waals surface area contributed by atoms with Crippen LogP contribution in [0.2, 0.25) is 0 Å². The Morgan fingerprint density at radius 2 is 2.07 bits per heavy atom. The molecule has 2 N–H and O–H groups in total. The molecule has 9 nitrogen and oxygen atoms in total. The minimum atomic E-state index is -0.269. The molecule has 0 spiro atoms. The fourth-order valence-corrected chi connectivity index (χ4v) is 4.43. The number of hydrogen-bond acceptors (Lipinski definition) is 7. The second-order valence-corrected chi connectivity index (χ2v) is 9.13. The van der Waals surface area contributed by atoms with Gasteiger partial charge in [-0.25, -0.2) is 4.98 Å². The summed E-state index contributed by atoms with van der Waals surface area (Å²) in [4.78, 5) is 48.2. The molecule has 3 rings (SSSR count). The van der Waals surface area contributed by atoms with Gasteiger partial charge in [0, 0.05) is 25.2 Å². The molecule has 2 amide bonds. The highest BCUT2D eigenvalue weighted by Crippen LogP contribution is 2.29. The Morgan fingerprint density at radius 3 is 2.77 bits per heavy atom. The van der Waals surface area contributed by atoms with Gasteiger partial charge in [-0.1, -0.05) is 18.3 Å². The number of nitrogens with one attached hydrogen (secondary N) is 2. The molecule has 164 valence electrons. The number of carbonyl (C=O) groups is 2. The number of fused-ring (bicyclic) bond motifs is 1. The molecule has 2 aromatic rings. The van der Waals surface area contributed by atoms with Crippen LogP contribution >= 0.6 is 11.3 Å². The zero-order chi connectivity index (χ0) is 21.8. The quantitative estimate of drug-likeness (QED) is 0.684. The number of amides is 2. The predicted molar refractivity (Wildman–Crippen MR) is 118 cm³/mol. The number of anilines is 1. The maximum Gasteiger partial charge on any atom is 0.273 e. The van der Waals surface area contributed by atoms with Gasteiger partial charge < -0.3 is 15.5 Å². The van der Waals surface area contributed by atoms with Gasteiger partial charge in [0.05, 0.1) is 5.92 Å². The van der Waals surface area contributed by atoms with E-state index in [2.05, 4.69) is 25.5 Å². The molecule has 0 saturated carbocycles. The van der Waals surface area contributed by atoms with Gasteiger partial charge in [0.2, 0.25) is 11.8 Å². The highest BCUT2D eigenvalue weighted by atomic mass is 32.1. The minimum Gasteiger partial charge on any atom is -0.354 e. The van der Waals surface area contributed by atoms with Crippen LogP contribution < -0.4 is 21.1 Å². The lowest BCUT2D eigenvalue weighted by Crippen LogP contribution is -2.44. The van der Waals surface area contributed by atoms with Crippen molar-refractivity contribution in [3.8, 4) is 0 Å². The predicted octanol–water partition coefficient (Wildman–Crippen LogP) is 1.51. The Kier molecular flexibility index (Phi) is 7.06. The van der Waals surface area contributed by atoms with Crippen molar-refractivity contribution in [1.29, 1.82) is 0 Å². The molecule has 0 radical (unpaired) electrons. The summed E-state index contributed by atoms with van der Waals surface area (Å²) in [5.41, 5.74) is 0.113. The highest BCUT2D eigenvalue weighted by Gasteiger charge is 2.28. The van der Waals surface area contributed by atoms with Crippen LogP contribution in [0.15, 0.2) is 11.1 Å². The van der Waals surface area contributed by atoms with Crippen LogP contribution in [0, 0.1) is 5.92 Å². The minimum absolute atomic E-state index is 0.0554. The number of hydrogen-bond donors (Lipinski definition) is 2. The largest absolute Gasteiger partial charge is 0.354 e. The normalized spacial score (nSPS) is 17.9. The summed E-state index contributed by atoms with van der Waals surface area (Å²) in [7, 11) is 0. The third-order valence-electron chi connectivity index (χ3n) is 5.20. The Balaban J connectivity index is 1.77. The Morgan fingerprint density at radius 1 is 1.30 bits per heavy atom. The Bertz CT molecular complexity index is 969. The molecule has 0 aromatic carbocycles. The molecule has 1 aliphatic rings. The molecule has 2 aromatic heterocycles. The van der Waals surface area contributed by atoms with Crippen molar-refractivity contribution < 1.29 is 9.59 Å². The number of carbonyl (C=O) groups excluding carboxylic acids is 2. The second-order valence-electron chi connectivity index (χ2n) is 8.15. The van der Waals surface area contributed by atoms with Gasteiger partial charge >= 0.3 is 0 Å². The molecular formula is C20H30N6O3S. The fourth-order valence-electron chi connectivity index (χ4n) is 3.43. The number of nitrogens with zero attached hydrogens (tertiary/aromatic N) is 4. The standard InChI is InChI=1S/C20H30N6O3S/c1-5-13(4)23-15(27)10-26-11-21-17-16(19(26)29)30-20(24-17)25-8-6-7-14(9-25)18(28)22-12(2)3/h11-14H,5-10H2,1-4H3,(H,22,28)(H,23,27)/t13-,14+/m1/s1. The number of aromatic nitrogens is 3. The number of thiazole rings is 1. The second kappa shape index (κ2) is 9.55. The van der Waals surface area contributed by atoms with Gasteiger partial charge in [-0.05, 0) is 40.0 Å². The van der Waals surface area contributed by atoms with Crippen molar-refractivity contribution in [1.82, 2.24) is 25.2 Å². The van der Waals surface area contributed by atoms with E-state index in [9.17, 15) is 14.4 Å². The van der Waals surface area contributed by atoms with Crippen molar-refractivity contribution in [2.45, 2.75) is 65.6 Å². The lowest BCUT2D eigenvalue weighted by molar-refractivity contribution is -0.125. The van der Waals surface area contributed by atoms with Crippen LogP contribution in [0.4, 0.5) is 5.13 Å². The summed E-state index contributed by atoms with van der Waals surface area (Å²) in [5, 5.41) is 6.52. The SMILES string of the molecule is CC[C@@H](C)NC(=O)Cn1cnc2nc(N3CCC[C@H](C(=O)NC(C)C)C3)sc2c1=O. The summed E-state index contributed by atoms with van der Waals surface area (Å²) in [6.45, 7) is 9.10. The Labute approximate surface area is 179 Å². The van der Waals surface area contributed by atoms with Crippen molar-refractivity contribution in [3.05, 3.63) is 16.7 Å². The Hall–Kier alpha value is -2.49. The number of rotatable bonds is 7. The maximum atomic E-state index is 12.8. The van der Waals surface area contributed by atoms with Gasteiger partial charge in [0.25, 0.3) is 5.56 Å². The van der Waals surface area contributed by atoms with Crippen molar-refractivity contribution in [2.24, 2.45) is 5.92 Å². The summed E-state index contributed by atoms with van der Waals surface area (Å²) in [6, 6.07) is 0.162. The molecule has 0 aliphatic carbocycles. The molecule has 30 heavy (non-hydrogen) atoms. The van der Waals surface area contributed by atoms with Gasteiger partial charge in [-0.3, -0.25) is 19.0 Å². The molecular weight excluding hydrogens is 404 g/mol. The zero-order valence-corrected chi connectivity index (χ0v) is 18.8. The topological polar surface area (TPSA) is 109 Å². The van der Waals surface area contributed by atoms with Crippen LogP contribution in [-0.2, 0) is 16.1 Å². The van der Waals surface area contributed by atoms with E-state index in [1.54, 1.807) is 0 Å². The van der Waals surface area contributed by atoms with E-state index in [-0.39, 0.29) is 41.9 Å². The summed E-state index contributed by atoms with van der Waals surface area (Å²) < 4.78 is 1.74. The molecule has 2 atom stereocenters. The average molecular weight is 435 g/mol. The van der Waals surface area contributed by atoms with Gasteiger partial charge in [-0.2, -0.15) is 4.98 Å². The first-order chi connectivity index (χ1) is 14.3. The van der Waals surface area contributed by atoms with Crippen LogP contribution in [0.5, 0.6) is 0 Å². The van der Waals surface area contributed by atoms with E-state index in [1.165, 1.54) is 22.2 Å². The molecule has 10 heteroatoms. The molecule has 1 saturated heterocycles. The van der Waals surface area contributed by atoms with Crippen molar-refractivity contribution in [2.75, 3.05) is 18.0 Å². The van der Waals surface area contributed by atoms with Crippen molar-refractivity contribution in [3.63, 3.8) is 0 Å². The van der Waals surface area contributed by atoms with E-state index < -0.39 is 0 Å². The third kappa shape index (κ3) is 5.16. The van der Waals surface area contributed by atoms with Crippen LogP contribution in [0.3, 0.4) is 0 Å². The first-order valence-corrected chi connectivity index (χ1v) is 11.3. The van der Waals surface area contributed by atoms with E-state index in [1.807, 2.05) is 27.7 Å². The molecule has 1 fully saturated rings. The van der Waals surface area contributed by atoms with Gasteiger partial charge in [0.15, 0.2) is 10.8 Å². The van der Waals surface area contributed by atoms with E-state index in [0.717, 1.165) is 25.8 Å². The smallest absolute Gasteiger partial charge is 0.273 e. The lowest BCUT2D eigenvalue weighted by Gasteiger charge is -2.32. The molecule has 1 aliphatic heterocycles. The zero-order valence-electron chi connectivity index (χ0n) is 18.0. The number of piperidine rings is 1. The van der Waals surface area contributed by atoms with Crippen LogP contribution in [-0.4, -0.2) is 51.5 Å². The van der Waals surface area contributed by atoms with E-state index in [4.69, 9.17) is 0 Å². The van der Waals surface area contributed by atoms with E-state index in [0.29, 0.717) is 22.0 Å². The van der Waals surface area contributed by atoms with Crippen molar-refractivity contribution >= 4 is 38.6 Å². The van der Waals surface area contributed by atoms with Gasteiger partial charge in [0.1, 0.15) is 17.6 Å². The fraction of sp³-hybridized carbons (Fsp3) is 0.650. The molecule has 0 unspecified atom stereocenters. The summed E-state index contributed by atoms with van der Waals surface area (Å²) >= 11 is 1.27.